The van der Waals surface area contributed by atoms with Crippen molar-refractivity contribution in [3.8, 4) is 0 Å². The molecular weight excluding hydrogens is 174 g/mol. The predicted octanol–water partition coefficient (Wildman–Crippen LogP) is 0.0595. The Morgan fingerprint density at radius 2 is 2.38 bits per heavy atom. The molecule has 1 aromatic rings. The number of aliphatic hydroxyl groups is 1. The van der Waals surface area contributed by atoms with Crippen molar-refractivity contribution in [2.45, 2.75) is 6.61 Å². The van der Waals surface area contributed by atoms with E-state index in [1.54, 1.807) is 0 Å². The van der Waals surface area contributed by atoms with E-state index in [0.29, 0.717) is 10.6 Å². The van der Waals surface area contributed by atoms with E-state index in [1.165, 1.54) is 0 Å². The van der Waals surface area contributed by atoms with E-state index >= 15 is 0 Å². The first-order valence-electron chi connectivity index (χ1n) is 2.01. The maximum Gasteiger partial charge on any atom is 0.197 e. The maximum atomic E-state index is 8.40. The molecule has 0 bridgehead atoms. The molecule has 0 amide bonds. The summed E-state index contributed by atoms with van der Waals surface area (Å²) in [5.41, 5.74) is 0. The molecule has 0 aliphatic carbocycles. The molecule has 1 aromatic heterocycles. The van der Waals surface area contributed by atoms with Gasteiger partial charge >= 0.3 is 0 Å². The van der Waals surface area contributed by atoms with Crippen LogP contribution in [0.15, 0.2) is 4.73 Å². The summed E-state index contributed by atoms with van der Waals surface area (Å²) in [5.74, 6) is 0.469. The Hall–Kier alpha value is -0.420. The number of halogens is 1. The van der Waals surface area contributed by atoms with Gasteiger partial charge in [0.1, 0.15) is 6.61 Å². The molecule has 2 N–H and O–H groups in total. The third-order valence-corrected chi connectivity index (χ3v) is 1.01. The monoisotopic (exact) mass is 177 g/mol. The number of hydrogen-bond acceptors (Lipinski definition) is 3. The number of rotatable bonds is 1. The van der Waals surface area contributed by atoms with Crippen LogP contribution in [0.1, 0.15) is 5.82 Å². The SMILES string of the molecule is OCc1nnc(Br)[nH]1. The molecule has 0 aliphatic heterocycles. The summed E-state index contributed by atoms with van der Waals surface area (Å²) in [6.45, 7) is -0.0986. The highest BCUT2D eigenvalue weighted by molar-refractivity contribution is 9.10. The Morgan fingerprint density at radius 1 is 1.62 bits per heavy atom. The quantitative estimate of drug-likeness (QED) is 0.639. The zero-order chi connectivity index (χ0) is 5.98. The Kier molecular flexibility index (Phi) is 1.59. The number of nitrogens with one attached hydrogen (secondary N) is 1. The van der Waals surface area contributed by atoms with Crippen LogP contribution in [0.2, 0.25) is 0 Å². The van der Waals surface area contributed by atoms with Crippen molar-refractivity contribution in [1.82, 2.24) is 15.2 Å². The lowest BCUT2D eigenvalue weighted by molar-refractivity contribution is 0.272. The minimum absolute atomic E-state index is 0.0986. The number of H-pyrrole nitrogens is 1. The van der Waals surface area contributed by atoms with Crippen LogP contribution in [-0.4, -0.2) is 20.3 Å². The number of hydrogen-bond donors (Lipinski definition) is 2. The summed E-state index contributed by atoms with van der Waals surface area (Å²) in [5, 5.41) is 15.5. The third-order valence-electron chi connectivity index (χ3n) is 0.656. The van der Waals surface area contributed by atoms with E-state index in [-0.39, 0.29) is 6.61 Å². The fraction of sp³-hybridized carbons (Fsp3) is 0.333. The van der Waals surface area contributed by atoms with Gasteiger partial charge in [0, 0.05) is 0 Å². The zero-order valence-corrected chi connectivity index (χ0v) is 5.51. The fourth-order valence-electron chi connectivity index (χ4n) is 0.344. The summed E-state index contributed by atoms with van der Waals surface area (Å²) in [7, 11) is 0. The summed E-state index contributed by atoms with van der Waals surface area (Å²) >= 11 is 3.03. The Labute approximate surface area is 54.1 Å². The topological polar surface area (TPSA) is 61.8 Å². The van der Waals surface area contributed by atoms with Gasteiger partial charge < -0.3 is 10.1 Å². The summed E-state index contributed by atoms with van der Waals surface area (Å²) in [6.07, 6.45) is 0. The first-order chi connectivity index (χ1) is 3.83. The van der Waals surface area contributed by atoms with Crippen LogP contribution in [0.5, 0.6) is 0 Å². The van der Waals surface area contributed by atoms with E-state index in [0.717, 1.165) is 0 Å². The molecule has 0 saturated heterocycles. The van der Waals surface area contributed by atoms with Crippen molar-refractivity contribution in [2.75, 3.05) is 0 Å². The van der Waals surface area contributed by atoms with Crippen molar-refractivity contribution < 1.29 is 5.11 Å². The van der Waals surface area contributed by atoms with Crippen LogP contribution < -0.4 is 0 Å². The molecule has 4 nitrogen and oxygen atoms in total. The van der Waals surface area contributed by atoms with Gasteiger partial charge in [-0.05, 0) is 15.9 Å². The summed E-state index contributed by atoms with van der Waals surface area (Å²) in [6, 6.07) is 0. The highest BCUT2D eigenvalue weighted by Crippen LogP contribution is 1.98. The molecule has 0 saturated carbocycles. The Balaban J connectivity index is 2.84. The molecule has 1 heterocycles. The van der Waals surface area contributed by atoms with Crippen LogP contribution in [0, 0.1) is 0 Å². The number of nitrogens with zero attached hydrogens (tertiary/aromatic N) is 2. The van der Waals surface area contributed by atoms with E-state index in [2.05, 4.69) is 31.1 Å². The van der Waals surface area contributed by atoms with Crippen molar-refractivity contribution in [3.05, 3.63) is 10.6 Å². The standard InChI is InChI=1S/C3H4BrN3O/c4-3-5-2(1-8)6-7-3/h8H,1H2,(H,5,6,7). The van der Waals surface area contributed by atoms with Gasteiger partial charge in [-0.25, -0.2) is 0 Å². The third kappa shape index (κ3) is 1.05. The highest BCUT2D eigenvalue weighted by Gasteiger charge is 1.93. The lowest BCUT2D eigenvalue weighted by atomic mass is 10.7. The lowest BCUT2D eigenvalue weighted by Gasteiger charge is -1.78. The van der Waals surface area contributed by atoms with Crippen molar-refractivity contribution >= 4 is 15.9 Å². The normalized spacial score (nSPS) is 9.75. The van der Waals surface area contributed by atoms with Crippen LogP contribution in [0.4, 0.5) is 0 Å². The van der Waals surface area contributed by atoms with Gasteiger partial charge in [-0.15, -0.1) is 10.2 Å². The molecular formula is C3H4BrN3O. The molecule has 0 atom stereocenters. The van der Waals surface area contributed by atoms with Gasteiger partial charge in [0.2, 0.25) is 0 Å². The van der Waals surface area contributed by atoms with Crippen molar-refractivity contribution in [3.63, 3.8) is 0 Å². The zero-order valence-electron chi connectivity index (χ0n) is 3.93. The second-order valence-corrected chi connectivity index (χ2v) is 1.97. The molecule has 0 unspecified atom stereocenters. The molecule has 0 aromatic carbocycles. The second kappa shape index (κ2) is 2.23. The van der Waals surface area contributed by atoms with Gasteiger partial charge in [-0.1, -0.05) is 0 Å². The Morgan fingerprint density at radius 3 is 2.62 bits per heavy atom. The van der Waals surface area contributed by atoms with Gasteiger partial charge in [0.05, 0.1) is 0 Å². The smallest absolute Gasteiger partial charge is 0.197 e. The average Bonchev–Trinajstić information content (AvgIpc) is 2.14. The van der Waals surface area contributed by atoms with Crippen LogP contribution in [0.25, 0.3) is 0 Å². The average molecular weight is 178 g/mol. The van der Waals surface area contributed by atoms with E-state index in [4.69, 9.17) is 5.11 Å². The fourth-order valence-corrected chi connectivity index (χ4v) is 0.653. The number of aromatic nitrogens is 3. The summed E-state index contributed by atoms with van der Waals surface area (Å²) < 4.78 is 0.543. The van der Waals surface area contributed by atoms with Crippen LogP contribution in [0.3, 0.4) is 0 Å². The molecule has 5 heteroatoms. The second-order valence-electron chi connectivity index (χ2n) is 1.22. The first-order valence-corrected chi connectivity index (χ1v) is 2.80. The van der Waals surface area contributed by atoms with Gasteiger partial charge in [0.15, 0.2) is 10.6 Å². The summed E-state index contributed by atoms with van der Waals surface area (Å²) in [4.78, 5) is 2.67. The number of aliphatic hydroxyl groups excluding tert-OH is 1. The number of aromatic amines is 1. The largest absolute Gasteiger partial charge is 0.388 e. The Bertz CT molecular complexity index is 175. The minimum atomic E-state index is -0.0986. The molecule has 44 valence electrons. The van der Waals surface area contributed by atoms with Crippen LogP contribution in [-0.2, 0) is 6.61 Å². The first kappa shape index (κ1) is 5.71. The van der Waals surface area contributed by atoms with Crippen molar-refractivity contribution in [2.24, 2.45) is 0 Å². The molecule has 0 fully saturated rings. The van der Waals surface area contributed by atoms with Crippen LogP contribution >= 0.6 is 15.9 Å². The minimum Gasteiger partial charge on any atom is -0.388 e. The van der Waals surface area contributed by atoms with Gasteiger partial charge in [-0.3, -0.25) is 0 Å². The molecule has 1 rings (SSSR count). The van der Waals surface area contributed by atoms with Gasteiger partial charge in [-0.2, -0.15) is 0 Å². The highest BCUT2D eigenvalue weighted by atomic mass is 79.9. The molecule has 0 spiro atoms. The predicted molar refractivity (Wildman–Crippen MR) is 30.0 cm³/mol. The van der Waals surface area contributed by atoms with Crippen molar-refractivity contribution in [1.29, 1.82) is 0 Å². The lowest BCUT2D eigenvalue weighted by Crippen LogP contribution is -1.83. The van der Waals surface area contributed by atoms with E-state index in [9.17, 15) is 0 Å². The maximum absolute atomic E-state index is 8.40. The van der Waals surface area contributed by atoms with Gasteiger partial charge in [0.25, 0.3) is 0 Å². The molecule has 0 radical (unpaired) electrons. The molecule has 0 aliphatic rings. The van der Waals surface area contributed by atoms with E-state index in [1.807, 2.05) is 0 Å². The van der Waals surface area contributed by atoms with E-state index < -0.39 is 0 Å². The molecule has 8 heavy (non-hydrogen) atoms.